The van der Waals surface area contributed by atoms with Crippen LogP contribution < -0.4 is 0 Å². The number of rotatable bonds is 3. The first-order valence-corrected chi connectivity index (χ1v) is 5.02. The van der Waals surface area contributed by atoms with Gasteiger partial charge in [0.2, 0.25) is 0 Å². The Hall–Kier alpha value is -2.06. The Balaban J connectivity index is 0.00000162. The van der Waals surface area contributed by atoms with Crippen molar-refractivity contribution in [1.29, 1.82) is 0 Å². The molecular formula is C13H12NO3P. The van der Waals surface area contributed by atoms with Crippen molar-refractivity contribution in [1.82, 2.24) is 0 Å². The molecule has 0 saturated heterocycles. The topological polar surface area (TPSA) is 60.2 Å². The highest BCUT2D eigenvalue weighted by atomic mass is 31.0. The molecule has 0 fully saturated rings. The predicted molar refractivity (Wildman–Crippen MR) is 74.1 cm³/mol. The van der Waals surface area contributed by atoms with Crippen molar-refractivity contribution < 1.29 is 9.72 Å². The van der Waals surface area contributed by atoms with Gasteiger partial charge >= 0.3 is 0 Å². The van der Waals surface area contributed by atoms with Gasteiger partial charge in [-0.25, -0.2) is 0 Å². The van der Waals surface area contributed by atoms with Crippen LogP contribution in [0, 0.1) is 10.1 Å². The molecule has 2 rings (SSSR count). The first kappa shape index (κ1) is 14.0. The van der Waals surface area contributed by atoms with E-state index in [0.29, 0.717) is 11.1 Å². The first-order chi connectivity index (χ1) is 8.18. The molecule has 0 N–H and O–H groups in total. The minimum Gasteiger partial charge on any atom is -0.289 e. The van der Waals surface area contributed by atoms with Crippen LogP contribution in [-0.4, -0.2) is 10.7 Å². The molecule has 0 radical (unpaired) electrons. The molecule has 0 heterocycles. The first-order valence-electron chi connectivity index (χ1n) is 5.02. The predicted octanol–water partition coefficient (Wildman–Crippen LogP) is 2.88. The fourth-order valence-corrected chi connectivity index (χ4v) is 1.49. The minimum absolute atomic E-state index is 0. The van der Waals surface area contributed by atoms with E-state index in [4.69, 9.17) is 0 Å². The van der Waals surface area contributed by atoms with E-state index >= 15 is 0 Å². The number of hydrogen-bond donors (Lipinski definition) is 0. The minimum atomic E-state index is -0.489. The van der Waals surface area contributed by atoms with Crippen LogP contribution in [0.4, 0.5) is 5.69 Å². The zero-order chi connectivity index (χ0) is 12.3. The Morgan fingerprint density at radius 2 is 1.39 bits per heavy atom. The highest BCUT2D eigenvalue weighted by molar-refractivity contribution is 6.92. The molecule has 0 saturated carbocycles. The molecule has 0 aliphatic carbocycles. The number of carbonyl (C=O) groups is 1. The fraction of sp³-hybridized carbons (Fsp3) is 0. The Kier molecular flexibility index (Phi) is 4.69. The van der Waals surface area contributed by atoms with Crippen LogP contribution in [0.1, 0.15) is 15.9 Å². The smallest absolute Gasteiger partial charge is 0.269 e. The van der Waals surface area contributed by atoms with Crippen molar-refractivity contribution in [3.05, 3.63) is 75.8 Å². The van der Waals surface area contributed by atoms with E-state index in [1.807, 2.05) is 6.07 Å². The van der Waals surface area contributed by atoms with E-state index < -0.39 is 4.92 Å². The SMILES string of the molecule is O=C(c1ccccc1)c1ccc([N+](=O)[O-])cc1.P. The van der Waals surface area contributed by atoms with Crippen molar-refractivity contribution in [2.75, 3.05) is 0 Å². The van der Waals surface area contributed by atoms with E-state index in [9.17, 15) is 14.9 Å². The number of ketones is 1. The Labute approximate surface area is 107 Å². The van der Waals surface area contributed by atoms with Gasteiger partial charge in [0.05, 0.1) is 4.92 Å². The van der Waals surface area contributed by atoms with Gasteiger partial charge in [-0.1, -0.05) is 30.3 Å². The van der Waals surface area contributed by atoms with Crippen LogP contribution in [0.5, 0.6) is 0 Å². The number of benzene rings is 2. The zero-order valence-electron chi connectivity index (χ0n) is 9.58. The van der Waals surface area contributed by atoms with Crippen molar-refractivity contribution in [2.24, 2.45) is 0 Å². The molecule has 5 heteroatoms. The highest BCUT2D eigenvalue weighted by Gasteiger charge is 2.10. The fourth-order valence-electron chi connectivity index (χ4n) is 1.49. The van der Waals surface area contributed by atoms with Crippen molar-refractivity contribution >= 4 is 21.4 Å². The third-order valence-corrected chi connectivity index (χ3v) is 2.38. The van der Waals surface area contributed by atoms with Crippen molar-refractivity contribution in [3.63, 3.8) is 0 Å². The molecular weight excluding hydrogens is 249 g/mol. The summed E-state index contributed by atoms with van der Waals surface area (Å²) in [4.78, 5) is 21.9. The van der Waals surface area contributed by atoms with Crippen molar-refractivity contribution in [3.8, 4) is 0 Å². The summed E-state index contributed by atoms with van der Waals surface area (Å²) in [5.74, 6) is -0.138. The quantitative estimate of drug-likeness (QED) is 0.369. The molecule has 0 aliphatic heterocycles. The molecule has 0 aromatic heterocycles. The van der Waals surface area contributed by atoms with Gasteiger partial charge in [-0.15, -0.1) is 0 Å². The van der Waals surface area contributed by atoms with Gasteiger partial charge in [-0.05, 0) is 12.1 Å². The third-order valence-electron chi connectivity index (χ3n) is 2.38. The molecule has 0 bridgehead atoms. The highest BCUT2D eigenvalue weighted by Crippen LogP contribution is 2.15. The molecule has 2 aromatic rings. The van der Waals surface area contributed by atoms with Gasteiger partial charge in [0.15, 0.2) is 5.78 Å². The largest absolute Gasteiger partial charge is 0.289 e. The summed E-state index contributed by atoms with van der Waals surface area (Å²) >= 11 is 0. The standard InChI is InChI=1S/C13H9NO3.H3P/c15-13(10-4-2-1-3-5-10)11-6-8-12(9-7-11)14(16)17;/h1-9H;1H3. The van der Waals surface area contributed by atoms with Crippen LogP contribution in [-0.2, 0) is 0 Å². The van der Waals surface area contributed by atoms with Crippen molar-refractivity contribution in [2.45, 2.75) is 0 Å². The normalized spacial score (nSPS) is 9.33. The maximum Gasteiger partial charge on any atom is 0.269 e. The van der Waals surface area contributed by atoms with Crippen LogP contribution >= 0.6 is 9.90 Å². The van der Waals surface area contributed by atoms with E-state index in [1.54, 1.807) is 24.3 Å². The van der Waals surface area contributed by atoms with Gasteiger partial charge < -0.3 is 0 Å². The lowest BCUT2D eigenvalue weighted by Gasteiger charge is -2.00. The van der Waals surface area contributed by atoms with Crippen LogP contribution in [0.2, 0.25) is 0 Å². The van der Waals surface area contributed by atoms with Gasteiger partial charge in [0.25, 0.3) is 5.69 Å². The van der Waals surface area contributed by atoms with Gasteiger partial charge in [-0.2, -0.15) is 9.90 Å². The summed E-state index contributed by atoms with van der Waals surface area (Å²) < 4.78 is 0. The average molecular weight is 261 g/mol. The molecule has 18 heavy (non-hydrogen) atoms. The molecule has 1 atom stereocenters. The van der Waals surface area contributed by atoms with Crippen LogP contribution in [0.3, 0.4) is 0 Å². The molecule has 4 nitrogen and oxygen atoms in total. The van der Waals surface area contributed by atoms with Crippen LogP contribution in [0.25, 0.3) is 0 Å². The number of nitrogens with zero attached hydrogens (tertiary/aromatic N) is 1. The lowest BCUT2D eigenvalue weighted by Crippen LogP contribution is -2.00. The molecule has 92 valence electrons. The van der Waals surface area contributed by atoms with Crippen LogP contribution in [0.15, 0.2) is 54.6 Å². The maximum atomic E-state index is 12.0. The molecule has 0 spiro atoms. The number of hydrogen-bond acceptors (Lipinski definition) is 3. The maximum absolute atomic E-state index is 12.0. The summed E-state index contributed by atoms with van der Waals surface area (Å²) in [6.45, 7) is 0. The number of non-ortho nitro benzene ring substituents is 1. The second kappa shape index (κ2) is 6.03. The number of nitro benzene ring substituents is 1. The summed E-state index contributed by atoms with van der Waals surface area (Å²) in [7, 11) is 0. The van der Waals surface area contributed by atoms with E-state index in [0.717, 1.165) is 0 Å². The summed E-state index contributed by atoms with van der Waals surface area (Å²) in [6, 6.07) is 14.4. The van der Waals surface area contributed by atoms with Gasteiger partial charge in [-0.3, -0.25) is 14.9 Å². The molecule has 2 aromatic carbocycles. The lowest BCUT2D eigenvalue weighted by molar-refractivity contribution is -0.384. The number of nitro groups is 1. The zero-order valence-corrected chi connectivity index (χ0v) is 11.0. The monoisotopic (exact) mass is 261 g/mol. The Morgan fingerprint density at radius 3 is 1.89 bits per heavy atom. The van der Waals surface area contributed by atoms with Gasteiger partial charge in [0, 0.05) is 23.3 Å². The Morgan fingerprint density at radius 1 is 0.889 bits per heavy atom. The van der Waals surface area contributed by atoms with E-state index in [1.165, 1.54) is 24.3 Å². The summed E-state index contributed by atoms with van der Waals surface area (Å²) in [5, 5.41) is 10.5. The van der Waals surface area contributed by atoms with E-state index in [2.05, 4.69) is 0 Å². The molecule has 0 amide bonds. The summed E-state index contributed by atoms with van der Waals surface area (Å²) in [6.07, 6.45) is 0. The second-order valence-corrected chi connectivity index (χ2v) is 3.50. The van der Waals surface area contributed by atoms with E-state index in [-0.39, 0.29) is 21.4 Å². The Bertz CT molecular complexity index is 552. The second-order valence-electron chi connectivity index (χ2n) is 3.50. The average Bonchev–Trinajstić information content (AvgIpc) is 2.39. The third kappa shape index (κ3) is 2.99. The van der Waals surface area contributed by atoms with Gasteiger partial charge in [0.1, 0.15) is 0 Å². The number of carbonyl (C=O) groups excluding carboxylic acids is 1. The molecule has 0 aliphatic rings. The lowest BCUT2D eigenvalue weighted by atomic mass is 10.0. The molecule has 1 unspecified atom stereocenters. The summed E-state index contributed by atoms with van der Waals surface area (Å²) in [5.41, 5.74) is 0.998.